The second-order valence-corrected chi connectivity index (χ2v) is 9.05. The van der Waals surface area contributed by atoms with Crippen molar-refractivity contribution < 1.29 is 17.9 Å². The maximum absolute atomic E-state index is 12.7. The van der Waals surface area contributed by atoms with Gasteiger partial charge in [0.2, 0.25) is 15.0 Å². The van der Waals surface area contributed by atoms with Crippen molar-refractivity contribution in [3.8, 4) is 5.75 Å². The Balaban J connectivity index is 1.89. The highest BCUT2D eigenvalue weighted by atomic mass is 35.5. The van der Waals surface area contributed by atoms with Crippen LogP contribution in [0.15, 0.2) is 53.8 Å². The normalized spacial score (nSPS) is 11.3. The molecule has 9 heteroatoms. The summed E-state index contributed by atoms with van der Waals surface area (Å²) < 4.78 is 30.7. The van der Waals surface area contributed by atoms with Crippen molar-refractivity contribution in [3.63, 3.8) is 0 Å². The van der Waals surface area contributed by atoms with Crippen molar-refractivity contribution in [2.24, 2.45) is 0 Å². The Labute approximate surface area is 178 Å². The lowest BCUT2D eigenvalue weighted by Gasteiger charge is -2.10. The van der Waals surface area contributed by atoms with Crippen molar-refractivity contribution in [1.82, 2.24) is 9.97 Å². The zero-order valence-corrected chi connectivity index (χ0v) is 17.8. The van der Waals surface area contributed by atoms with Crippen molar-refractivity contribution in [2.75, 3.05) is 0 Å². The van der Waals surface area contributed by atoms with E-state index in [1.54, 1.807) is 36.4 Å². The summed E-state index contributed by atoms with van der Waals surface area (Å²) in [5, 5.41) is -0.124. The number of sulfone groups is 1. The first-order chi connectivity index (χ1) is 13.7. The van der Waals surface area contributed by atoms with Crippen molar-refractivity contribution in [1.29, 1.82) is 0 Å². The van der Waals surface area contributed by atoms with E-state index in [4.69, 9.17) is 27.9 Å². The number of aromatic nitrogens is 2. The molecule has 0 aliphatic carbocycles. The van der Waals surface area contributed by atoms with Gasteiger partial charge in [-0.25, -0.2) is 23.2 Å². The summed E-state index contributed by atoms with van der Waals surface area (Å²) in [4.78, 5) is 20.2. The van der Waals surface area contributed by atoms with Crippen LogP contribution < -0.4 is 4.74 Å². The monoisotopic (exact) mass is 450 g/mol. The average Bonchev–Trinajstić information content (AvgIpc) is 2.67. The fraction of sp³-hybridized carbons (Fsp3) is 0.150. The predicted molar refractivity (Wildman–Crippen MR) is 110 cm³/mol. The maximum Gasteiger partial charge on any atom is 0.364 e. The maximum atomic E-state index is 12.7. The number of halogens is 2. The van der Waals surface area contributed by atoms with E-state index in [0.29, 0.717) is 16.3 Å². The molecule has 0 unspecified atom stereocenters. The van der Waals surface area contributed by atoms with Gasteiger partial charge in [-0.2, -0.15) is 0 Å². The first kappa shape index (κ1) is 21.2. The van der Waals surface area contributed by atoms with Crippen LogP contribution in [0.5, 0.6) is 5.75 Å². The quantitative estimate of drug-likeness (QED) is 0.320. The van der Waals surface area contributed by atoms with E-state index in [0.717, 1.165) is 17.3 Å². The van der Waals surface area contributed by atoms with E-state index >= 15 is 0 Å². The molecule has 3 rings (SSSR count). The van der Waals surface area contributed by atoms with Crippen LogP contribution in [0.2, 0.25) is 10.0 Å². The highest BCUT2D eigenvalue weighted by molar-refractivity contribution is 7.90. The molecule has 150 valence electrons. The van der Waals surface area contributed by atoms with Crippen LogP contribution in [0.4, 0.5) is 0 Å². The summed E-state index contributed by atoms with van der Waals surface area (Å²) in [6.45, 7) is 3.69. The van der Waals surface area contributed by atoms with Gasteiger partial charge < -0.3 is 4.74 Å². The van der Waals surface area contributed by atoms with E-state index in [1.807, 2.05) is 19.9 Å². The third-order valence-corrected chi connectivity index (χ3v) is 6.22. The average molecular weight is 451 g/mol. The van der Waals surface area contributed by atoms with E-state index < -0.39 is 21.0 Å². The lowest BCUT2D eigenvalue weighted by atomic mass is 10.1. The first-order valence-corrected chi connectivity index (χ1v) is 10.9. The van der Waals surface area contributed by atoms with Gasteiger partial charge in [0.1, 0.15) is 5.75 Å². The van der Waals surface area contributed by atoms with Crippen LogP contribution in [0, 0.1) is 13.8 Å². The summed E-state index contributed by atoms with van der Waals surface area (Å²) in [7, 11) is -3.92. The lowest BCUT2D eigenvalue weighted by molar-refractivity contribution is 0.0726. The number of nitrogens with zero attached hydrogens (tertiary/aromatic N) is 2. The molecule has 0 aliphatic heterocycles. The molecule has 0 radical (unpaired) electrons. The van der Waals surface area contributed by atoms with Crippen LogP contribution in [-0.4, -0.2) is 24.4 Å². The summed E-state index contributed by atoms with van der Waals surface area (Å²) >= 11 is 11.8. The summed E-state index contributed by atoms with van der Waals surface area (Å²) in [5.41, 5.74) is 1.90. The molecule has 0 amide bonds. The number of hydrogen-bond donors (Lipinski definition) is 0. The van der Waals surface area contributed by atoms with Crippen molar-refractivity contribution in [2.45, 2.75) is 24.8 Å². The number of rotatable bonds is 5. The second-order valence-electron chi connectivity index (χ2n) is 6.32. The Morgan fingerprint density at radius 3 is 2.45 bits per heavy atom. The molecule has 1 heterocycles. The number of aryl methyl sites for hydroxylation is 1. The molecule has 0 N–H and O–H groups in total. The van der Waals surface area contributed by atoms with E-state index in [2.05, 4.69) is 9.97 Å². The highest BCUT2D eigenvalue weighted by Gasteiger charge is 2.24. The summed E-state index contributed by atoms with van der Waals surface area (Å²) in [5.74, 6) is -0.874. The topological polar surface area (TPSA) is 86.2 Å². The molecular formula is C20H16Cl2N2O4S. The fourth-order valence-corrected chi connectivity index (χ4v) is 3.99. The molecule has 0 aliphatic rings. The van der Waals surface area contributed by atoms with Crippen LogP contribution >= 0.6 is 23.2 Å². The van der Waals surface area contributed by atoms with Gasteiger partial charge in [0.15, 0.2) is 5.69 Å². The Hall–Kier alpha value is -2.48. The van der Waals surface area contributed by atoms with Crippen LogP contribution in [0.1, 0.15) is 27.2 Å². The van der Waals surface area contributed by atoms with Gasteiger partial charge in [0, 0.05) is 5.02 Å². The van der Waals surface area contributed by atoms with E-state index in [-0.39, 0.29) is 16.5 Å². The Morgan fingerprint density at radius 1 is 1.07 bits per heavy atom. The number of esters is 1. The predicted octanol–water partition coefficient (Wildman–Crippen LogP) is 4.59. The van der Waals surface area contributed by atoms with Gasteiger partial charge in [-0.3, -0.25) is 0 Å². The molecular weight excluding hydrogens is 435 g/mol. The van der Waals surface area contributed by atoms with Crippen molar-refractivity contribution >= 4 is 39.0 Å². The van der Waals surface area contributed by atoms with Crippen LogP contribution in [0.3, 0.4) is 0 Å². The second kappa shape index (κ2) is 8.49. The van der Waals surface area contributed by atoms with Gasteiger partial charge >= 0.3 is 5.97 Å². The van der Waals surface area contributed by atoms with Gasteiger partial charge in [-0.05, 0) is 48.7 Å². The number of carbonyl (C=O) groups is 1. The molecule has 0 spiro atoms. The third kappa shape index (κ3) is 4.93. The Morgan fingerprint density at radius 2 is 1.76 bits per heavy atom. The first-order valence-electron chi connectivity index (χ1n) is 8.45. The molecule has 0 fully saturated rings. The minimum atomic E-state index is -3.92. The third-order valence-electron chi connectivity index (χ3n) is 4.22. The Kier molecular flexibility index (Phi) is 6.21. The van der Waals surface area contributed by atoms with Gasteiger partial charge in [-0.15, -0.1) is 0 Å². The molecule has 0 saturated heterocycles. The molecule has 0 bridgehead atoms. The number of benzene rings is 2. The minimum Gasteiger partial charge on any atom is -0.421 e. The zero-order chi connectivity index (χ0) is 21.2. The zero-order valence-electron chi connectivity index (χ0n) is 15.5. The number of hydrogen-bond acceptors (Lipinski definition) is 6. The standard InChI is InChI=1S/C20H16Cl2N2O4S/c1-12-4-3-5-17(13(12)2)28-19(25)18-16(22)10-23-20(24-18)29(26,27)11-14-6-8-15(21)9-7-14/h3-10H,11H2,1-2H3. The fourth-order valence-electron chi connectivity index (χ4n) is 2.49. The largest absolute Gasteiger partial charge is 0.421 e. The molecule has 6 nitrogen and oxygen atoms in total. The Bertz CT molecular complexity index is 1180. The van der Waals surface area contributed by atoms with E-state index in [9.17, 15) is 13.2 Å². The molecule has 0 atom stereocenters. The number of carbonyl (C=O) groups excluding carboxylic acids is 1. The SMILES string of the molecule is Cc1cccc(OC(=O)c2nc(S(=O)(=O)Cc3ccc(Cl)cc3)ncc2Cl)c1C. The van der Waals surface area contributed by atoms with Gasteiger partial charge in [-0.1, -0.05) is 47.5 Å². The smallest absolute Gasteiger partial charge is 0.364 e. The number of ether oxygens (including phenoxy) is 1. The molecule has 3 aromatic rings. The minimum absolute atomic E-state index is 0.106. The molecule has 29 heavy (non-hydrogen) atoms. The van der Waals surface area contributed by atoms with Crippen LogP contribution in [0.25, 0.3) is 0 Å². The van der Waals surface area contributed by atoms with Gasteiger partial charge in [0.25, 0.3) is 0 Å². The molecule has 2 aromatic carbocycles. The van der Waals surface area contributed by atoms with E-state index in [1.165, 1.54) is 0 Å². The summed E-state index contributed by atoms with van der Waals surface area (Å²) in [6, 6.07) is 11.6. The van der Waals surface area contributed by atoms with Crippen molar-refractivity contribution in [3.05, 3.63) is 81.1 Å². The summed E-state index contributed by atoms with van der Waals surface area (Å²) in [6.07, 6.45) is 1.07. The van der Waals surface area contributed by atoms with Crippen LogP contribution in [-0.2, 0) is 15.6 Å². The molecule has 1 aromatic heterocycles. The highest BCUT2D eigenvalue weighted by Crippen LogP contribution is 2.24. The molecule has 0 saturated carbocycles. The lowest BCUT2D eigenvalue weighted by Crippen LogP contribution is -2.17. The van der Waals surface area contributed by atoms with Gasteiger partial charge in [0.05, 0.1) is 17.0 Å².